The first-order valence-electron chi connectivity index (χ1n) is 6.45. The van der Waals surface area contributed by atoms with Crippen molar-refractivity contribution >= 4 is 0 Å². The first-order chi connectivity index (χ1) is 8.83. The molecule has 1 aliphatic heterocycles. The van der Waals surface area contributed by atoms with Gasteiger partial charge in [0, 0.05) is 25.7 Å². The summed E-state index contributed by atoms with van der Waals surface area (Å²) in [6, 6.07) is 8.59. The van der Waals surface area contributed by atoms with E-state index in [1.807, 2.05) is 19.2 Å². The van der Waals surface area contributed by atoms with Crippen molar-refractivity contribution in [2.75, 3.05) is 47.0 Å². The molecule has 1 aliphatic rings. The van der Waals surface area contributed by atoms with Crippen molar-refractivity contribution in [3.63, 3.8) is 0 Å². The fraction of sp³-hybridized carbons (Fsp3) is 0.571. The average molecular weight is 250 g/mol. The Morgan fingerprint density at radius 1 is 1.39 bits per heavy atom. The number of ether oxygens (including phenoxy) is 2. The van der Waals surface area contributed by atoms with Crippen LogP contribution in [0.25, 0.3) is 0 Å². The van der Waals surface area contributed by atoms with Gasteiger partial charge in [0.05, 0.1) is 20.3 Å². The van der Waals surface area contributed by atoms with Gasteiger partial charge in [0.15, 0.2) is 0 Å². The van der Waals surface area contributed by atoms with Crippen LogP contribution in [0.3, 0.4) is 0 Å². The lowest BCUT2D eigenvalue weighted by Gasteiger charge is -2.30. The number of methoxy groups -OCH3 is 1. The topological polar surface area (TPSA) is 33.7 Å². The summed E-state index contributed by atoms with van der Waals surface area (Å²) in [4.78, 5) is 2.43. The maximum atomic E-state index is 5.38. The molecule has 0 spiro atoms. The van der Waals surface area contributed by atoms with Crippen molar-refractivity contribution in [2.24, 2.45) is 0 Å². The van der Waals surface area contributed by atoms with Crippen molar-refractivity contribution < 1.29 is 9.47 Å². The third-order valence-corrected chi connectivity index (χ3v) is 3.39. The minimum Gasteiger partial charge on any atom is -0.497 e. The van der Waals surface area contributed by atoms with E-state index in [0.717, 1.165) is 38.6 Å². The van der Waals surface area contributed by atoms with E-state index in [4.69, 9.17) is 9.47 Å². The van der Waals surface area contributed by atoms with Gasteiger partial charge in [-0.25, -0.2) is 0 Å². The van der Waals surface area contributed by atoms with E-state index in [1.54, 1.807) is 7.11 Å². The summed E-state index contributed by atoms with van der Waals surface area (Å²) >= 11 is 0. The smallest absolute Gasteiger partial charge is 0.119 e. The quantitative estimate of drug-likeness (QED) is 0.854. The molecule has 1 heterocycles. The largest absolute Gasteiger partial charge is 0.497 e. The Hall–Kier alpha value is -1.10. The Bertz CT molecular complexity index is 365. The lowest BCUT2D eigenvalue weighted by Crippen LogP contribution is -2.41. The number of rotatable bonds is 5. The van der Waals surface area contributed by atoms with Crippen LogP contribution in [0.15, 0.2) is 24.3 Å². The molecule has 1 aromatic carbocycles. The molecular weight excluding hydrogens is 228 g/mol. The van der Waals surface area contributed by atoms with E-state index in [1.165, 1.54) is 5.56 Å². The lowest BCUT2D eigenvalue weighted by atomic mass is 10.1. The molecule has 0 aliphatic carbocycles. The molecule has 1 unspecified atom stereocenters. The van der Waals surface area contributed by atoms with Gasteiger partial charge >= 0.3 is 0 Å². The minimum absolute atomic E-state index is 0.332. The highest BCUT2D eigenvalue weighted by Gasteiger charge is 2.17. The fourth-order valence-electron chi connectivity index (χ4n) is 2.26. The van der Waals surface area contributed by atoms with Crippen molar-refractivity contribution in [3.05, 3.63) is 29.8 Å². The van der Waals surface area contributed by atoms with Crippen LogP contribution in [0.4, 0.5) is 0 Å². The maximum absolute atomic E-state index is 5.38. The number of benzene rings is 1. The summed E-state index contributed by atoms with van der Waals surface area (Å²) < 4.78 is 10.7. The molecule has 0 radical (unpaired) electrons. The molecule has 1 aromatic rings. The highest BCUT2D eigenvalue weighted by atomic mass is 16.5. The molecular formula is C14H22N2O2. The maximum Gasteiger partial charge on any atom is 0.119 e. The zero-order valence-corrected chi connectivity index (χ0v) is 11.2. The van der Waals surface area contributed by atoms with E-state index in [-0.39, 0.29) is 0 Å². The predicted octanol–water partition coefficient (Wildman–Crippen LogP) is 1.29. The molecule has 1 fully saturated rings. The summed E-state index contributed by atoms with van der Waals surface area (Å²) in [5.41, 5.74) is 1.27. The monoisotopic (exact) mass is 250 g/mol. The van der Waals surface area contributed by atoms with Crippen molar-refractivity contribution in [1.29, 1.82) is 0 Å². The molecule has 1 atom stereocenters. The summed E-state index contributed by atoms with van der Waals surface area (Å²) in [5.74, 6) is 0.912. The van der Waals surface area contributed by atoms with Gasteiger partial charge in [-0.3, -0.25) is 4.90 Å². The zero-order valence-electron chi connectivity index (χ0n) is 11.2. The second-order valence-electron chi connectivity index (χ2n) is 4.53. The molecule has 0 amide bonds. The van der Waals surface area contributed by atoms with Crippen LogP contribution in [0, 0.1) is 0 Å². The van der Waals surface area contributed by atoms with Crippen molar-refractivity contribution in [1.82, 2.24) is 10.2 Å². The molecule has 0 saturated carbocycles. The summed E-state index contributed by atoms with van der Waals surface area (Å²) in [6.07, 6.45) is 0. The fourth-order valence-corrected chi connectivity index (χ4v) is 2.26. The summed E-state index contributed by atoms with van der Waals surface area (Å²) in [5, 5.41) is 3.38. The van der Waals surface area contributed by atoms with E-state index in [2.05, 4.69) is 22.3 Å². The second kappa shape index (κ2) is 6.73. The third-order valence-electron chi connectivity index (χ3n) is 3.39. The van der Waals surface area contributed by atoms with Crippen LogP contribution in [0.5, 0.6) is 5.75 Å². The highest BCUT2D eigenvalue weighted by molar-refractivity contribution is 5.30. The molecule has 100 valence electrons. The number of hydrogen-bond acceptors (Lipinski definition) is 4. The Kier molecular flexibility index (Phi) is 4.99. The van der Waals surface area contributed by atoms with Gasteiger partial charge in [-0.05, 0) is 24.7 Å². The van der Waals surface area contributed by atoms with Gasteiger partial charge in [0.2, 0.25) is 0 Å². The highest BCUT2D eigenvalue weighted by Crippen LogP contribution is 2.20. The number of nitrogens with zero attached hydrogens (tertiary/aromatic N) is 1. The summed E-state index contributed by atoms with van der Waals surface area (Å²) in [7, 11) is 3.71. The molecule has 2 rings (SSSR count). The molecule has 18 heavy (non-hydrogen) atoms. The molecule has 0 bridgehead atoms. The van der Waals surface area contributed by atoms with E-state index in [9.17, 15) is 0 Å². The first-order valence-corrected chi connectivity index (χ1v) is 6.45. The normalized spacial score (nSPS) is 18.6. The van der Waals surface area contributed by atoms with Crippen LogP contribution < -0.4 is 10.1 Å². The van der Waals surface area contributed by atoms with Crippen molar-refractivity contribution in [3.8, 4) is 5.75 Å². The van der Waals surface area contributed by atoms with Gasteiger partial charge in [0.25, 0.3) is 0 Å². The Morgan fingerprint density at radius 3 is 2.83 bits per heavy atom. The van der Waals surface area contributed by atoms with E-state index < -0.39 is 0 Å². The average Bonchev–Trinajstić information content (AvgIpc) is 2.46. The molecule has 0 aromatic heterocycles. The zero-order chi connectivity index (χ0) is 12.8. The predicted molar refractivity (Wildman–Crippen MR) is 72.1 cm³/mol. The van der Waals surface area contributed by atoms with Crippen LogP contribution >= 0.6 is 0 Å². The molecule has 1 saturated heterocycles. The Morgan fingerprint density at radius 2 is 2.17 bits per heavy atom. The van der Waals surface area contributed by atoms with Crippen LogP contribution in [0.2, 0.25) is 0 Å². The third kappa shape index (κ3) is 3.45. The first kappa shape index (κ1) is 13.3. The van der Waals surface area contributed by atoms with Crippen LogP contribution in [-0.2, 0) is 4.74 Å². The number of morpholine rings is 1. The molecule has 1 N–H and O–H groups in total. The summed E-state index contributed by atoms with van der Waals surface area (Å²) in [6.45, 7) is 4.72. The van der Waals surface area contributed by atoms with Gasteiger partial charge in [-0.2, -0.15) is 0 Å². The number of likely N-dealkylation sites (N-methyl/N-ethyl adjacent to an activating group) is 1. The Labute approximate surface area is 109 Å². The lowest BCUT2D eigenvalue weighted by molar-refractivity contribution is 0.0338. The minimum atomic E-state index is 0.332. The van der Waals surface area contributed by atoms with Gasteiger partial charge in [-0.1, -0.05) is 12.1 Å². The van der Waals surface area contributed by atoms with Gasteiger partial charge < -0.3 is 14.8 Å². The SMILES string of the molecule is CNC(CN1CCOCC1)c1cccc(OC)c1. The molecule has 4 heteroatoms. The number of hydrogen-bond donors (Lipinski definition) is 1. The standard InChI is InChI=1S/C14H22N2O2/c1-15-14(11-16-6-8-18-9-7-16)12-4-3-5-13(10-12)17-2/h3-5,10,14-15H,6-9,11H2,1-2H3. The van der Waals surface area contributed by atoms with Crippen LogP contribution in [0.1, 0.15) is 11.6 Å². The van der Waals surface area contributed by atoms with E-state index in [0.29, 0.717) is 6.04 Å². The van der Waals surface area contributed by atoms with E-state index >= 15 is 0 Å². The Balaban J connectivity index is 2.02. The molecule has 4 nitrogen and oxygen atoms in total. The van der Waals surface area contributed by atoms with Crippen molar-refractivity contribution in [2.45, 2.75) is 6.04 Å². The number of nitrogens with one attached hydrogen (secondary N) is 1. The van der Waals surface area contributed by atoms with Gasteiger partial charge in [-0.15, -0.1) is 0 Å². The van der Waals surface area contributed by atoms with Gasteiger partial charge in [0.1, 0.15) is 5.75 Å². The van der Waals surface area contributed by atoms with Crippen LogP contribution in [-0.4, -0.2) is 51.9 Å². The second-order valence-corrected chi connectivity index (χ2v) is 4.53.